The highest BCUT2D eigenvalue weighted by molar-refractivity contribution is 5.68. The van der Waals surface area contributed by atoms with Gasteiger partial charge in [-0.3, -0.25) is 4.90 Å². The zero-order valence-electron chi connectivity index (χ0n) is 11.0. The second kappa shape index (κ2) is 6.92. The second-order valence-corrected chi connectivity index (χ2v) is 4.67. The molecule has 0 radical (unpaired) electrons. The zero-order valence-corrected chi connectivity index (χ0v) is 11.0. The average molecular weight is 243 g/mol. The predicted molar refractivity (Wildman–Crippen MR) is 76.7 cm³/mol. The van der Waals surface area contributed by atoms with Crippen LogP contribution in [0.5, 0.6) is 0 Å². The lowest BCUT2D eigenvalue weighted by molar-refractivity contribution is -0.112. The molecule has 1 rings (SSSR count). The Morgan fingerprint density at radius 3 is 2.17 bits per heavy atom. The summed E-state index contributed by atoms with van der Waals surface area (Å²) in [6.07, 6.45) is 4.72. The highest BCUT2D eigenvalue weighted by atomic mass is 16.1. The van der Waals surface area contributed by atoms with Crippen LogP contribution >= 0.6 is 0 Å². The summed E-state index contributed by atoms with van der Waals surface area (Å²) < 4.78 is 0. The van der Waals surface area contributed by atoms with Crippen LogP contribution in [0, 0.1) is 0 Å². The van der Waals surface area contributed by atoms with E-state index >= 15 is 0 Å². The highest BCUT2D eigenvalue weighted by Crippen LogP contribution is 2.22. The third kappa shape index (κ3) is 3.67. The molecule has 0 aliphatic heterocycles. The molecule has 1 aromatic carbocycles. The third-order valence-corrected chi connectivity index (χ3v) is 3.02. The van der Waals surface area contributed by atoms with E-state index in [1.54, 1.807) is 0 Å². The second-order valence-electron chi connectivity index (χ2n) is 4.67. The quantitative estimate of drug-likeness (QED) is 0.517. The van der Waals surface area contributed by atoms with Gasteiger partial charge in [0.15, 0.2) is 0 Å². The van der Waals surface area contributed by atoms with Crippen LogP contribution < -0.4 is 0 Å². The Kier molecular flexibility index (Phi) is 5.53. The van der Waals surface area contributed by atoms with Crippen LogP contribution in [0.25, 0.3) is 0 Å². The number of aldehydes is 1. The van der Waals surface area contributed by atoms with Crippen molar-refractivity contribution in [3.8, 4) is 0 Å². The van der Waals surface area contributed by atoms with E-state index in [1.165, 1.54) is 0 Å². The van der Waals surface area contributed by atoms with Crippen molar-refractivity contribution < 1.29 is 4.79 Å². The molecule has 0 spiro atoms. The fraction of sp³-hybridized carbons (Fsp3) is 0.312. The summed E-state index contributed by atoms with van der Waals surface area (Å²) >= 11 is 0. The first-order valence-electron chi connectivity index (χ1n) is 6.12. The van der Waals surface area contributed by atoms with Crippen LogP contribution in [0.4, 0.5) is 0 Å². The number of nitrogens with zero attached hydrogens (tertiary/aromatic N) is 1. The normalized spacial score (nSPS) is 13.9. The minimum absolute atomic E-state index is 0.493. The molecule has 0 heterocycles. The van der Waals surface area contributed by atoms with Crippen molar-refractivity contribution in [1.29, 1.82) is 0 Å². The summed E-state index contributed by atoms with van der Waals surface area (Å²) in [6.45, 7) is 11.6. The minimum Gasteiger partial charge on any atom is -0.302 e. The molecule has 18 heavy (non-hydrogen) atoms. The Balaban J connectivity index is 2.90. The van der Waals surface area contributed by atoms with Gasteiger partial charge in [0, 0.05) is 19.6 Å². The van der Waals surface area contributed by atoms with Crippen molar-refractivity contribution in [1.82, 2.24) is 4.90 Å². The summed E-state index contributed by atoms with van der Waals surface area (Å²) in [5.74, 6) is 0. The van der Waals surface area contributed by atoms with Gasteiger partial charge in [-0.05, 0) is 12.5 Å². The van der Waals surface area contributed by atoms with E-state index in [1.807, 2.05) is 49.4 Å². The predicted octanol–water partition coefficient (Wildman–Crippen LogP) is 2.82. The molecule has 2 nitrogen and oxygen atoms in total. The van der Waals surface area contributed by atoms with Gasteiger partial charge >= 0.3 is 0 Å². The van der Waals surface area contributed by atoms with Crippen molar-refractivity contribution >= 4 is 6.29 Å². The topological polar surface area (TPSA) is 20.3 Å². The molecular weight excluding hydrogens is 222 g/mol. The number of carbonyl (C=O) groups excluding carboxylic acids is 1. The largest absolute Gasteiger partial charge is 0.302 e. The number of benzene rings is 1. The molecule has 0 aliphatic rings. The van der Waals surface area contributed by atoms with E-state index in [0.717, 1.165) is 24.9 Å². The van der Waals surface area contributed by atoms with Gasteiger partial charge in [0.2, 0.25) is 0 Å². The molecular formula is C16H21NO. The van der Waals surface area contributed by atoms with Crippen LogP contribution in [0.15, 0.2) is 55.6 Å². The molecule has 0 aromatic heterocycles. The highest BCUT2D eigenvalue weighted by Gasteiger charge is 2.28. The smallest absolute Gasteiger partial charge is 0.131 e. The van der Waals surface area contributed by atoms with Crippen LogP contribution in [-0.4, -0.2) is 30.8 Å². The molecule has 0 saturated heterocycles. The van der Waals surface area contributed by atoms with Gasteiger partial charge in [-0.1, -0.05) is 42.5 Å². The molecule has 0 bridgehead atoms. The standard InChI is InChI=1S/C16H21NO/c1-4-11-17(12-5-2)13-16(3,14-18)15-9-7-6-8-10-15/h4-10,14H,1-2,11-13H2,3H3. The summed E-state index contributed by atoms with van der Waals surface area (Å²) in [7, 11) is 0. The van der Waals surface area contributed by atoms with Gasteiger partial charge < -0.3 is 4.79 Å². The Bertz CT molecular complexity index is 389. The van der Waals surface area contributed by atoms with Crippen molar-refractivity contribution in [2.24, 2.45) is 0 Å². The van der Waals surface area contributed by atoms with E-state index in [-0.39, 0.29) is 0 Å². The lowest BCUT2D eigenvalue weighted by atomic mass is 9.83. The lowest BCUT2D eigenvalue weighted by Crippen LogP contribution is -2.40. The molecule has 1 aromatic rings. The van der Waals surface area contributed by atoms with Gasteiger partial charge in [-0.2, -0.15) is 0 Å². The fourth-order valence-electron chi connectivity index (χ4n) is 2.05. The van der Waals surface area contributed by atoms with Crippen molar-refractivity contribution in [3.63, 3.8) is 0 Å². The monoisotopic (exact) mass is 243 g/mol. The van der Waals surface area contributed by atoms with Crippen LogP contribution in [-0.2, 0) is 10.2 Å². The molecule has 0 saturated carbocycles. The number of hydrogen-bond acceptors (Lipinski definition) is 2. The Morgan fingerprint density at radius 2 is 1.72 bits per heavy atom. The van der Waals surface area contributed by atoms with Gasteiger partial charge in [-0.15, -0.1) is 13.2 Å². The summed E-state index contributed by atoms with van der Waals surface area (Å²) in [4.78, 5) is 13.6. The number of hydrogen-bond donors (Lipinski definition) is 0. The molecule has 1 unspecified atom stereocenters. The maximum absolute atomic E-state index is 11.5. The van der Waals surface area contributed by atoms with Gasteiger partial charge in [0.05, 0.1) is 5.41 Å². The fourth-order valence-corrected chi connectivity index (χ4v) is 2.05. The molecule has 96 valence electrons. The van der Waals surface area contributed by atoms with Gasteiger partial charge in [-0.25, -0.2) is 0 Å². The van der Waals surface area contributed by atoms with Crippen LogP contribution in [0.1, 0.15) is 12.5 Å². The SMILES string of the molecule is C=CCN(CC=C)CC(C)(C=O)c1ccccc1. The van der Waals surface area contributed by atoms with E-state index in [4.69, 9.17) is 0 Å². The lowest BCUT2D eigenvalue weighted by Gasteiger charge is -2.30. The average Bonchev–Trinajstić information content (AvgIpc) is 2.40. The molecule has 0 fully saturated rings. The molecule has 0 aliphatic carbocycles. The van der Waals surface area contributed by atoms with Gasteiger partial charge in [0.1, 0.15) is 6.29 Å². The third-order valence-electron chi connectivity index (χ3n) is 3.02. The van der Waals surface area contributed by atoms with Crippen molar-refractivity contribution in [2.75, 3.05) is 19.6 Å². The van der Waals surface area contributed by atoms with E-state index < -0.39 is 5.41 Å². The first-order valence-corrected chi connectivity index (χ1v) is 6.12. The Morgan fingerprint density at radius 1 is 1.17 bits per heavy atom. The molecule has 2 heteroatoms. The van der Waals surface area contributed by atoms with Crippen LogP contribution in [0.3, 0.4) is 0 Å². The summed E-state index contributed by atoms with van der Waals surface area (Å²) in [5.41, 5.74) is 0.547. The number of carbonyl (C=O) groups is 1. The molecule has 0 amide bonds. The molecule has 0 N–H and O–H groups in total. The number of rotatable bonds is 8. The van der Waals surface area contributed by atoms with Gasteiger partial charge in [0.25, 0.3) is 0 Å². The van der Waals surface area contributed by atoms with E-state index in [2.05, 4.69) is 18.1 Å². The molecule has 1 atom stereocenters. The summed E-state index contributed by atoms with van der Waals surface area (Å²) in [6, 6.07) is 9.87. The van der Waals surface area contributed by atoms with Crippen LogP contribution in [0.2, 0.25) is 0 Å². The first-order chi connectivity index (χ1) is 8.66. The van der Waals surface area contributed by atoms with Crippen molar-refractivity contribution in [3.05, 3.63) is 61.2 Å². The Hall–Kier alpha value is -1.67. The summed E-state index contributed by atoms with van der Waals surface area (Å²) in [5, 5.41) is 0. The minimum atomic E-state index is -0.493. The maximum atomic E-state index is 11.5. The first kappa shape index (κ1) is 14.4. The maximum Gasteiger partial charge on any atom is 0.131 e. The van der Waals surface area contributed by atoms with E-state index in [0.29, 0.717) is 6.54 Å². The van der Waals surface area contributed by atoms with Crippen molar-refractivity contribution in [2.45, 2.75) is 12.3 Å². The Labute approximate surface area is 110 Å². The van der Waals surface area contributed by atoms with E-state index in [9.17, 15) is 4.79 Å². The zero-order chi connectivity index (χ0) is 13.4.